The average molecular weight is 242 g/mol. The Morgan fingerprint density at radius 1 is 1.35 bits per heavy atom. The lowest BCUT2D eigenvalue weighted by atomic mass is 9.88. The van der Waals surface area contributed by atoms with E-state index in [9.17, 15) is 4.39 Å². The third-order valence-electron chi connectivity index (χ3n) is 4.68. The minimum Gasteiger partial charge on any atom is -0.311 e. The molecule has 0 aromatic rings. The third kappa shape index (κ3) is 2.82. The van der Waals surface area contributed by atoms with E-state index in [-0.39, 0.29) is 6.67 Å². The Bertz CT molecular complexity index is 236. The predicted molar refractivity (Wildman–Crippen MR) is 70.0 cm³/mol. The summed E-state index contributed by atoms with van der Waals surface area (Å²) in [6.45, 7) is 7.54. The quantitative estimate of drug-likeness (QED) is 0.815. The van der Waals surface area contributed by atoms with E-state index in [2.05, 4.69) is 24.1 Å². The van der Waals surface area contributed by atoms with Crippen molar-refractivity contribution >= 4 is 0 Å². The van der Waals surface area contributed by atoms with Crippen LogP contribution in [0, 0.1) is 5.92 Å². The Kier molecular flexibility index (Phi) is 4.42. The maximum Gasteiger partial charge on any atom is 0.0906 e. The SMILES string of the molecule is CC(C)C1CN(CCCF)C2(CCCC2)CN1. The number of nitrogens with zero attached hydrogens (tertiary/aromatic N) is 1. The summed E-state index contributed by atoms with van der Waals surface area (Å²) < 4.78 is 12.4. The largest absolute Gasteiger partial charge is 0.311 e. The van der Waals surface area contributed by atoms with E-state index in [1.165, 1.54) is 25.7 Å². The molecule has 2 nitrogen and oxygen atoms in total. The number of alkyl halides is 1. The molecular formula is C14H27FN2. The molecule has 1 unspecified atom stereocenters. The van der Waals surface area contributed by atoms with Gasteiger partial charge in [0.25, 0.3) is 0 Å². The van der Waals surface area contributed by atoms with Crippen molar-refractivity contribution in [2.24, 2.45) is 5.92 Å². The van der Waals surface area contributed by atoms with Gasteiger partial charge in [-0.05, 0) is 25.2 Å². The highest BCUT2D eigenvalue weighted by molar-refractivity contribution is 5.02. The van der Waals surface area contributed by atoms with Gasteiger partial charge < -0.3 is 5.32 Å². The minimum absolute atomic E-state index is 0.174. The molecule has 1 spiro atoms. The van der Waals surface area contributed by atoms with Crippen LogP contribution in [0.2, 0.25) is 0 Å². The number of hydrogen-bond donors (Lipinski definition) is 1. The summed E-state index contributed by atoms with van der Waals surface area (Å²) in [7, 11) is 0. The van der Waals surface area contributed by atoms with Crippen LogP contribution in [0.5, 0.6) is 0 Å². The van der Waals surface area contributed by atoms with Crippen molar-refractivity contribution in [3.05, 3.63) is 0 Å². The third-order valence-corrected chi connectivity index (χ3v) is 4.68. The Balaban J connectivity index is 2.01. The molecule has 2 aliphatic rings. The molecular weight excluding hydrogens is 215 g/mol. The number of halogens is 1. The molecule has 1 aliphatic carbocycles. The molecule has 0 aromatic heterocycles. The maximum atomic E-state index is 12.4. The highest BCUT2D eigenvalue weighted by atomic mass is 19.1. The van der Waals surface area contributed by atoms with E-state index in [1.54, 1.807) is 0 Å². The lowest BCUT2D eigenvalue weighted by Crippen LogP contribution is -2.64. The summed E-state index contributed by atoms with van der Waals surface area (Å²) >= 11 is 0. The van der Waals surface area contributed by atoms with Gasteiger partial charge in [-0.1, -0.05) is 26.7 Å². The minimum atomic E-state index is -0.174. The van der Waals surface area contributed by atoms with Crippen molar-refractivity contribution in [1.29, 1.82) is 0 Å². The molecule has 0 radical (unpaired) electrons. The standard InChI is InChI=1S/C14H27FN2/c1-12(2)13-10-17(9-5-8-15)14(11-16-13)6-3-4-7-14/h12-13,16H,3-11H2,1-2H3. The van der Waals surface area contributed by atoms with Gasteiger partial charge in [0.2, 0.25) is 0 Å². The van der Waals surface area contributed by atoms with E-state index in [0.29, 0.717) is 23.9 Å². The highest BCUT2D eigenvalue weighted by Crippen LogP contribution is 2.37. The molecule has 1 saturated carbocycles. The van der Waals surface area contributed by atoms with Gasteiger partial charge in [0.15, 0.2) is 0 Å². The number of piperazine rings is 1. The fraction of sp³-hybridized carbons (Fsp3) is 1.00. The van der Waals surface area contributed by atoms with Crippen LogP contribution in [-0.2, 0) is 0 Å². The van der Waals surface area contributed by atoms with Gasteiger partial charge >= 0.3 is 0 Å². The first-order valence-corrected chi connectivity index (χ1v) is 7.22. The van der Waals surface area contributed by atoms with Gasteiger partial charge in [0.1, 0.15) is 0 Å². The van der Waals surface area contributed by atoms with Crippen LogP contribution in [0.1, 0.15) is 46.0 Å². The fourth-order valence-electron chi connectivity index (χ4n) is 3.48. The summed E-state index contributed by atoms with van der Waals surface area (Å²) in [5.41, 5.74) is 0.362. The second-order valence-corrected chi connectivity index (χ2v) is 6.15. The van der Waals surface area contributed by atoms with Gasteiger partial charge in [-0.3, -0.25) is 9.29 Å². The molecule has 100 valence electrons. The summed E-state index contributed by atoms with van der Waals surface area (Å²) in [5.74, 6) is 0.668. The second kappa shape index (κ2) is 5.66. The van der Waals surface area contributed by atoms with Crippen molar-refractivity contribution in [3.63, 3.8) is 0 Å². The first kappa shape index (κ1) is 13.3. The molecule has 3 heteroatoms. The van der Waals surface area contributed by atoms with Crippen molar-refractivity contribution in [2.45, 2.75) is 57.5 Å². The summed E-state index contributed by atoms with van der Waals surface area (Å²) in [4.78, 5) is 2.60. The molecule has 2 rings (SSSR count). The first-order valence-electron chi connectivity index (χ1n) is 7.22. The molecule has 1 N–H and O–H groups in total. The zero-order valence-corrected chi connectivity index (χ0v) is 11.3. The second-order valence-electron chi connectivity index (χ2n) is 6.15. The van der Waals surface area contributed by atoms with Gasteiger partial charge in [-0.2, -0.15) is 0 Å². The van der Waals surface area contributed by atoms with E-state index >= 15 is 0 Å². The number of nitrogens with one attached hydrogen (secondary N) is 1. The Morgan fingerprint density at radius 3 is 2.65 bits per heavy atom. The van der Waals surface area contributed by atoms with Crippen LogP contribution >= 0.6 is 0 Å². The summed E-state index contributed by atoms with van der Waals surface area (Å²) in [6.07, 6.45) is 6.00. The van der Waals surface area contributed by atoms with Gasteiger partial charge in [-0.25, -0.2) is 0 Å². The van der Waals surface area contributed by atoms with Gasteiger partial charge in [0.05, 0.1) is 6.67 Å². The van der Waals surface area contributed by atoms with Crippen molar-refractivity contribution in [2.75, 3.05) is 26.3 Å². The zero-order valence-electron chi connectivity index (χ0n) is 11.3. The van der Waals surface area contributed by atoms with Crippen LogP contribution in [0.4, 0.5) is 4.39 Å². The van der Waals surface area contributed by atoms with Crippen molar-refractivity contribution in [1.82, 2.24) is 10.2 Å². The smallest absolute Gasteiger partial charge is 0.0906 e. The molecule has 1 atom stereocenters. The Hall–Kier alpha value is -0.150. The lowest BCUT2D eigenvalue weighted by molar-refractivity contribution is 0.0308. The zero-order chi connectivity index (χ0) is 12.3. The molecule has 17 heavy (non-hydrogen) atoms. The molecule has 0 aromatic carbocycles. The lowest BCUT2D eigenvalue weighted by Gasteiger charge is -2.49. The van der Waals surface area contributed by atoms with Gasteiger partial charge in [-0.15, -0.1) is 0 Å². The molecule has 1 heterocycles. The molecule has 1 aliphatic heterocycles. The Morgan fingerprint density at radius 2 is 2.06 bits per heavy atom. The molecule has 1 saturated heterocycles. The van der Waals surface area contributed by atoms with E-state index in [1.807, 2.05) is 0 Å². The molecule has 0 bridgehead atoms. The molecule has 2 fully saturated rings. The van der Waals surface area contributed by atoms with E-state index in [4.69, 9.17) is 0 Å². The summed E-state index contributed by atoms with van der Waals surface area (Å²) in [6, 6.07) is 0.584. The Labute approximate surface area is 105 Å². The van der Waals surface area contributed by atoms with Crippen LogP contribution in [-0.4, -0.2) is 42.8 Å². The van der Waals surface area contributed by atoms with Crippen LogP contribution in [0.25, 0.3) is 0 Å². The number of rotatable bonds is 4. The van der Waals surface area contributed by atoms with Crippen molar-refractivity contribution < 1.29 is 4.39 Å². The van der Waals surface area contributed by atoms with Crippen LogP contribution in [0.3, 0.4) is 0 Å². The highest BCUT2D eigenvalue weighted by Gasteiger charge is 2.43. The average Bonchev–Trinajstić information content (AvgIpc) is 2.77. The summed E-state index contributed by atoms with van der Waals surface area (Å²) in [5, 5.41) is 3.72. The van der Waals surface area contributed by atoms with E-state index in [0.717, 1.165) is 19.6 Å². The van der Waals surface area contributed by atoms with E-state index < -0.39 is 0 Å². The maximum absolute atomic E-state index is 12.4. The van der Waals surface area contributed by atoms with Crippen LogP contribution in [0.15, 0.2) is 0 Å². The number of hydrogen-bond acceptors (Lipinski definition) is 2. The fourth-order valence-corrected chi connectivity index (χ4v) is 3.48. The molecule has 0 amide bonds. The van der Waals surface area contributed by atoms with Gasteiger partial charge in [0, 0.05) is 31.2 Å². The monoisotopic (exact) mass is 242 g/mol. The topological polar surface area (TPSA) is 15.3 Å². The predicted octanol–water partition coefficient (Wildman–Crippen LogP) is 2.59. The van der Waals surface area contributed by atoms with Crippen molar-refractivity contribution in [3.8, 4) is 0 Å². The first-order chi connectivity index (χ1) is 8.18. The normalized spacial score (nSPS) is 29.3. The van der Waals surface area contributed by atoms with Crippen LogP contribution < -0.4 is 5.32 Å².